The van der Waals surface area contributed by atoms with Gasteiger partial charge in [0.25, 0.3) is 5.91 Å². The van der Waals surface area contributed by atoms with E-state index in [1.165, 1.54) is 0 Å². The Balaban J connectivity index is 2.32. The molecule has 0 saturated carbocycles. The molecule has 0 heterocycles. The van der Waals surface area contributed by atoms with Crippen LogP contribution in [0.15, 0.2) is 36.4 Å². The van der Waals surface area contributed by atoms with E-state index in [0.29, 0.717) is 39.3 Å². The summed E-state index contributed by atoms with van der Waals surface area (Å²) in [7, 11) is 0. The highest BCUT2D eigenvalue weighted by Crippen LogP contribution is 2.29. The maximum Gasteiger partial charge on any atom is 0.259 e. The van der Waals surface area contributed by atoms with Crippen molar-refractivity contribution in [2.24, 2.45) is 0 Å². The molecule has 0 bridgehead atoms. The maximum atomic E-state index is 12.4. The van der Waals surface area contributed by atoms with Gasteiger partial charge in [0.1, 0.15) is 0 Å². The van der Waals surface area contributed by atoms with Crippen molar-refractivity contribution < 1.29 is 9.53 Å². The summed E-state index contributed by atoms with van der Waals surface area (Å²) in [5.74, 6) is -0.00873. The highest BCUT2D eigenvalue weighted by atomic mass is 35.5. The minimum absolute atomic E-state index is 0.341. The van der Waals surface area contributed by atoms with Crippen molar-refractivity contribution >= 4 is 40.5 Å². The van der Waals surface area contributed by atoms with Crippen LogP contribution in [0.4, 0.5) is 11.4 Å². The van der Waals surface area contributed by atoms with E-state index in [0.717, 1.165) is 0 Å². The predicted octanol–water partition coefficient (Wildman–Crippen LogP) is 4.23. The SMILES string of the molecule is CCOc1c(N)cccc1C(=O)Nc1cc(Cl)ccc1Cl. The lowest BCUT2D eigenvalue weighted by atomic mass is 10.1. The van der Waals surface area contributed by atoms with Crippen LogP contribution in [0.25, 0.3) is 0 Å². The topological polar surface area (TPSA) is 64.3 Å². The van der Waals surface area contributed by atoms with Crippen LogP contribution in [0.1, 0.15) is 17.3 Å². The number of para-hydroxylation sites is 1. The maximum absolute atomic E-state index is 12.4. The molecule has 0 radical (unpaired) electrons. The summed E-state index contributed by atoms with van der Waals surface area (Å²) in [5, 5.41) is 3.58. The Hall–Kier alpha value is -1.91. The Labute approximate surface area is 132 Å². The van der Waals surface area contributed by atoms with Gasteiger partial charge in [0, 0.05) is 5.02 Å². The van der Waals surface area contributed by atoms with Gasteiger partial charge >= 0.3 is 0 Å². The second kappa shape index (κ2) is 6.70. The number of amides is 1. The third-order valence-corrected chi connectivity index (χ3v) is 3.32. The molecule has 1 amide bonds. The smallest absolute Gasteiger partial charge is 0.259 e. The lowest BCUT2D eigenvalue weighted by Gasteiger charge is -2.13. The molecule has 0 spiro atoms. The van der Waals surface area contributed by atoms with Gasteiger partial charge in [-0.05, 0) is 37.3 Å². The van der Waals surface area contributed by atoms with Crippen LogP contribution in [0.2, 0.25) is 10.0 Å². The van der Waals surface area contributed by atoms with E-state index in [2.05, 4.69) is 5.32 Å². The molecule has 21 heavy (non-hydrogen) atoms. The average molecular weight is 325 g/mol. The van der Waals surface area contributed by atoms with Gasteiger partial charge in [-0.1, -0.05) is 29.3 Å². The van der Waals surface area contributed by atoms with Crippen LogP contribution in [-0.2, 0) is 0 Å². The van der Waals surface area contributed by atoms with Gasteiger partial charge in [-0.25, -0.2) is 0 Å². The van der Waals surface area contributed by atoms with Crippen molar-refractivity contribution in [3.05, 3.63) is 52.0 Å². The number of hydrogen-bond donors (Lipinski definition) is 2. The molecule has 0 fully saturated rings. The van der Waals surface area contributed by atoms with Crippen molar-refractivity contribution in [2.45, 2.75) is 6.92 Å². The number of carbonyl (C=O) groups is 1. The standard InChI is InChI=1S/C15H14Cl2N2O2/c1-2-21-14-10(4-3-5-12(14)18)15(20)19-13-8-9(16)6-7-11(13)17/h3-8H,2,18H2,1H3,(H,19,20). The molecule has 4 nitrogen and oxygen atoms in total. The summed E-state index contributed by atoms with van der Waals surface area (Å²) in [4.78, 5) is 12.4. The van der Waals surface area contributed by atoms with Crippen molar-refractivity contribution in [1.82, 2.24) is 0 Å². The van der Waals surface area contributed by atoms with Gasteiger partial charge in [-0.15, -0.1) is 0 Å². The van der Waals surface area contributed by atoms with Gasteiger partial charge < -0.3 is 15.8 Å². The lowest BCUT2D eigenvalue weighted by molar-refractivity contribution is 0.102. The van der Waals surface area contributed by atoms with Crippen LogP contribution in [0.3, 0.4) is 0 Å². The number of nitrogen functional groups attached to an aromatic ring is 1. The number of hydrogen-bond acceptors (Lipinski definition) is 3. The van der Waals surface area contributed by atoms with Gasteiger partial charge in [-0.2, -0.15) is 0 Å². The zero-order chi connectivity index (χ0) is 15.4. The molecule has 2 aromatic carbocycles. The zero-order valence-electron chi connectivity index (χ0n) is 11.3. The van der Waals surface area contributed by atoms with E-state index in [4.69, 9.17) is 33.7 Å². The van der Waals surface area contributed by atoms with Crippen molar-refractivity contribution in [1.29, 1.82) is 0 Å². The van der Waals surface area contributed by atoms with Crippen LogP contribution in [0.5, 0.6) is 5.75 Å². The third-order valence-electron chi connectivity index (χ3n) is 2.76. The van der Waals surface area contributed by atoms with Crippen LogP contribution < -0.4 is 15.8 Å². The van der Waals surface area contributed by atoms with Crippen LogP contribution >= 0.6 is 23.2 Å². The summed E-state index contributed by atoms with van der Waals surface area (Å²) in [6, 6.07) is 9.83. The second-order valence-corrected chi connectivity index (χ2v) is 5.08. The van der Waals surface area contributed by atoms with Crippen LogP contribution in [0, 0.1) is 0 Å². The molecule has 3 N–H and O–H groups in total. The number of anilines is 2. The first-order valence-corrected chi connectivity index (χ1v) is 7.06. The molecule has 2 aromatic rings. The molecule has 0 aliphatic carbocycles. The molecule has 0 unspecified atom stereocenters. The van der Waals surface area contributed by atoms with E-state index in [1.54, 1.807) is 36.4 Å². The Morgan fingerprint density at radius 2 is 2.05 bits per heavy atom. The first kappa shape index (κ1) is 15.5. The Kier molecular flexibility index (Phi) is 4.94. The zero-order valence-corrected chi connectivity index (χ0v) is 12.8. The number of rotatable bonds is 4. The number of nitrogens with two attached hydrogens (primary N) is 1. The third kappa shape index (κ3) is 3.60. The number of ether oxygens (including phenoxy) is 1. The Morgan fingerprint density at radius 1 is 1.29 bits per heavy atom. The molecular weight excluding hydrogens is 311 g/mol. The summed E-state index contributed by atoms with van der Waals surface area (Å²) in [6.07, 6.45) is 0. The summed E-state index contributed by atoms with van der Waals surface area (Å²) >= 11 is 11.9. The van der Waals surface area contributed by atoms with E-state index in [9.17, 15) is 4.79 Å². The number of halogens is 2. The number of benzene rings is 2. The molecule has 0 aliphatic heterocycles. The Morgan fingerprint density at radius 3 is 2.76 bits per heavy atom. The minimum atomic E-state index is -0.366. The highest BCUT2D eigenvalue weighted by Gasteiger charge is 2.16. The minimum Gasteiger partial charge on any atom is -0.491 e. The van der Waals surface area contributed by atoms with E-state index in [1.807, 2.05) is 6.92 Å². The molecule has 0 aromatic heterocycles. The molecule has 6 heteroatoms. The lowest BCUT2D eigenvalue weighted by Crippen LogP contribution is -2.15. The summed E-state index contributed by atoms with van der Waals surface area (Å²) < 4.78 is 5.44. The van der Waals surface area contributed by atoms with Crippen molar-refractivity contribution in [3.8, 4) is 5.75 Å². The normalized spacial score (nSPS) is 10.2. The molecule has 0 aliphatic rings. The first-order chi connectivity index (χ1) is 10.0. The van der Waals surface area contributed by atoms with Gasteiger partial charge in [0.15, 0.2) is 5.75 Å². The fourth-order valence-corrected chi connectivity index (χ4v) is 2.16. The number of carbonyl (C=O) groups excluding carboxylic acids is 1. The van der Waals surface area contributed by atoms with E-state index in [-0.39, 0.29) is 5.91 Å². The highest BCUT2D eigenvalue weighted by molar-refractivity contribution is 6.36. The summed E-state index contributed by atoms with van der Waals surface area (Å²) in [5.41, 5.74) is 7.02. The molecule has 0 saturated heterocycles. The Bertz CT molecular complexity index is 675. The van der Waals surface area contributed by atoms with Crippen molar-refractivity contribution in [3.63, 3.8) is 0 Å². The van der Waals surface area contributed by atoms with Gasteiger partial charge in [-0.3, -0.25) is 4.79 Å². The molecule has 110 valence electrons. The van der Waals surface area contributed by atoms with Crippen molar-refractivity contribution in [2.75, 3.05) is 17.7 Å². The van der Waals surface area contributed by atoms with E-state index < -0.39 is 0 Å². The van der Waals surface area contributed by atoms with Gasteiger partial charge in [0.2, 0.25) is 0 Å². The fraction of sp³-hybridized carbons (Fsp3) is 0.133. The molecule has 2 rings (SSSR count). The second-order valence-electron chi connectivity index (χ2n) is 4.24. The average Bonchev–Trinajstić information content (AvgIpc) is 2.45. The predicted molar refractivity (Wildman–Crippen MR) is 86.4 cm³/mol. The van der Waals surface area contributed by atoms with Gasteiger partial charge in [0.05, 0.1) is 28.6 Å². The summed E-state index contributed by atoms with van der Waals surface area (Å²) in [6.45, 7) is 2.23. The molecule has 0 atom stereocenters. The largest absolute Gasteiger partial charge is 0.491 e. The first-order valence-electron chi connectivity index (χ1n) is 6.30. The monoisotopic (exact) mass is 324 g/mol. The number of nitrogens with one attached hydrogen (secondary N) is 1. The quantitative estimate of drug-likeness (QED) is 0.827. The molecular formula is C15H14Cl2N2O2. The fourth-order valence-electron chi connectivity index (χ4n) is 1.82. The van der Waals surface area contributed by atoms with Crippen LogP contribution in [-0.4, -0.2) is 12.5 Å². The van der Waals surface area contributed by atoms with E-state index >= 15 is 0 Å².